The number of aromatic nitrogens is 2. The molecule has 0 aliphatic rings. The molecule has 0 saturated carbocycles. The van der Waals surface area contributed by atoms with Gasteiger partial charge in [-0.2, -0.15) is 5.10 Å². The number of aryl methyl sites for hydroxylation is 1. The number of aromatic amines is 1. The van der Waals surface area contributed by atoms with E-state index in [9.17, 15) is 0 Å². The van der Waals surface area contributed by atoms with E-state index in [0.29, 0.717) is 0 Å². The minimum absolute atomic E-state index is 1.06. The molecule has 2 rings (SSSR count). The number of rotatable bonds is 4. The van der Waals surface area contributed by atoms with Crippen LogP contribution in [0, 0.1) is 6.92 Å². The van der Waals surface area contributed by atoms with E-state index in [1.807, 2.05) is 34.3 Å². The van der Waals surface area contributed by atoms with Crippen molar-refractivity contribution in [3.05, 3.63) is 24.0 Å². The Balaban J connectivity index is 2.68. The second-order valence-electron chi connectivity index (χ2n) is 4.11. The first-order chi connectivity index (χ1) is 8.71. The maximum absolute atomic E-state index is 4.10. The fourth-order valence-electron chi connectivity index (χ4n) is 2.07. The molecule has 0 spiro atoms. The van der Waals surface area contributed by atoms with Crippen LogP contribution in [0.1, 0.15) is 5.69 Å². The summed E-state index contributed by atoms with van der Waals surface area (Å²) in [5, 5.41) is 16.7. The number of benzene rings is 1. The SMILES string of the molecule is CNc1cc(NC)c(-c2cn[nH]c2C)c(NC)c1. The van der Waals surface area contributed by atoms with Crippen LogP contribution in [0.2, 0.25) is 0 Å². The molecule has 0 bridgehead atoms. The van der Waals surface area contributed by atoms with Gasteiger partial charge in [-0.25, -0.2) is 0 Å². The number of nitrogens with zero attached hydrogens (tertiary/aromatic N) is 1. The van der Waals surface area contributed by atoms with E-state index in [0.717, 1.165) is 33.9 Å². The zero-order valence-electron chi connectivity index (χ0n) is 11.2. The number of H-pyrrole nitrogens is 1. The fourth-order valence-corrected chi connectivity index (χ4v) is 2.07. The van der Waals surface area contributed by atoms with Gasteiger partial charge in [-0.3, -0.25) is 5.10 Å². The third-order valence-electron chi connectivity index (χ3n) is 3.06. The van der Waals surface area contributed by atoms with Crippen LogP contribution in [0.5, 0.6) is 0 Å². The van der Waals surface area contributed by atoms with E-state index in [1.54, 1.807) is 0 Å². The lowest BCUT2D eigenvalue weighted by molar-refractivity contribution is 1.05. The molecule has 0 aliphatic heterocycles. The highest BCUT2D eigenvalue weighted by molar-refractivity contribution is 5.92. The maximum Gasteiger partial charge on any atom is 0.0570 e. The molecular weight excluding hydrogens is 226 g/mol. The molecule has 0 unspecified atom stereocenters. The largest absolute Gasteiger partial charge is 0.388 e. The minimum atomic E-state index is 1.06. The third kappa shape index (κ3) is 1.99. The van der Waals surface area contributed by atoms with Crippen molar-refractivity contribution in [3.63, 3.8) is 0 Å². The summed E-state index contributed by atoms with van der Waals surface area (Å²) in [6, 6.07) is 4.17. The molecule has 5 heteroatoms. The van der Waals surface area contributed by atoms with Crippen molar-refractivity contribution in [2.45, 2.75) is 6.92 Å². The van der Waals surface area contributed by atoms with Crippen molar-refractivity contribution >= 4 is 17.1 Å². The van der Waals surface area contributed by atoms with Crippen molar-refractivity contribution in [1.29, 1.82) is 0 Å². The molecule has 96 valence electrons. The van der Waals surface area contributed by atoms with Crippen LogP contribution >= 0.6 is 0 Å². The molecule has 5 nitrogen and oxygen atoms in total. The smallest absolute Gasteiger partial charge is 0.0570 e. The average molecular weight is 245 g/mol. The zero-order valence-corrected chi connectivity index (χ0v) is 11.2. The second kappa shape index (κ2) is 5.00. The first kappa shape index (κ1) is 12.3. The van der Waals surface area contributed by atoms with Gasteiger partial charge in [-0.05, 0) is 19.1 Å². The monoisotopic (exact) mass is 245 g/mol. The summed E-state index contributed by atoms with van der Waals surface area (Å²) in [4.78, 5) is 0. The Kier molecular flexibility index (Phi) is 3.41. The summed E-state index contributed by atoms with van der Waals surface area (Å²) in [6.07, 6.45) is 1.85. The molecule has 0 aliphatic carbocycles. The average Bonchev–Trinajstić information content (AvgIpc) is 2.82. The van der Waals surface area contributed by atoms with Crippen LogP contribution in [0.15, 0.2) is 18.3 Å². The minimum Gasteiger partial charge on any atom is -0.388 e. The Morgan fingerprint density at radius 1 is 1.00 bits per heavy atom. The Morgan fingerprint density at radius 2 is 1.61 bits per heavy atom. The van der Waals surface area contributed by atoms with Crippen molar-refractivity contribution in [2.24, 2.45) is 0 Å². The van der Waals surface area contributed by atoms with Gasteiger partial charge < -0.3 is 16.0 Å². The maximum atomic E-state index is 4.10. The van der Waals surface area contributed by atoms with Gasteiger partial charge in [-0.1, -0.05) is 0 Å². The van der Waals surface area contributed by atoms with Gasteiger partial charge in [0.15, 0.2) is 0 Å². The Morgan fingerprint density at radius 3 is 2.00 bits per heavy atom. The van der Waals surface area contributed by atoms with Crippen LogP contribution in [-0.4, -0.2) is 31.3 Å². The van der Waals surface area contributed by atoms with Crippen LogP contribution in [0.25, 0.3) is 11.1 Å². The van der Waals surface area contributed by atoms with Crippen LogP contribution in [-0.2, 0) is 0 Å². The first-order valence-corrected chi connectivity index (χ1v) is 5.93. The number of hydrogen-bond donors (Lipinski definition) is 4. The standard InChI is InChI=1S/C13H19N5/c1-8-10(7-17-18-8)13-11(15-3)5-9(14-2)6-12(13)16-4/h5-7,14-16H,1-4H3,(H,17,18). The van der Waals surface area contributed by atoms with Crippen molar-refractivity contribution in [3.8, 4) is 11.1 Å². The second-order valence-corrected chi connectivity index (χ2v) is 4.11. The fraction of sp³-hybridized carbons (Fsp3) is 0.308. The summed E-state index contributed by atoms with van der Waals surface area (Å²) >= 11 is 0. The quantitative estimate of drug-likeness (QED) is 0.668. The predicted octanol–water partition coefficient (Wildman–Crippen LogP) is 2.51. The summed E-state index contributed by atoms with van der Waals surface area (Å²) < 4.78 is 0. The van der Waals surface area contributed by atoms with Crippen LogP contribution in [0.3, 0.4) is 0 Å². The molecule has 0 saturated heterocycles. The molecule has 0 amide bonds. The highest BCUT2D eigenvalue weighted by atomic mass is 15.1. The number of hydrogen-bond acceptors (Lipinski definition) is 4. The van der Waals surface area contributed by atoms with E-state index in [2.05, 4.69) is 38.3 Å². The Hall–Kier alpha value is -2.17. The van der Waals surface area contributed by atoms with Gasteiger partial charge >= 0.3 is 0 Å². The van der Waals surface area contributed by atoms with Gasteiger partial charge in [0, 0.05) is 55.0 Å². The Bertz CT molecular complexity index is 519. The normalized spacial score (nSPS) is 10.2. The summed E-state index contributed by atoms with van der Waals surface area (Å²) in [7, 11) is 5.76. The highest BCUT2D eigenvalue weighted by Gasteiger charge is 2.14. The lowest BCUT2D eigenvalue weighted by atomic mass is 10.0. The zero-order chi connectivity index (χ0) is 13.1. The molecule has 1 aromatic carbocycles. The van der Waals surface area contributed by atoms with E-state index < -0.39 is 0 Å². The molecule has 0 atom stereocenters. The van der Waals surface area contributed by atoms with E-state index >= 15 is 0 Å². The lowest BCUT2D eigenvalue weighted by Crippen LogP contribution is -2.00. The third-order valence-corrected chi connectivity index (χ3v) is 3.06. The molecule has 2 aromatic rings. The molecular formula is C13H19N5. The molecule has 1 heterocycles. The van der Waals surface area contributed by atoms with Gasteiger partial charge in [-0.15, -0.1) is 0 Å². The van der Waals surface area contributed by atoms with Gasteiger partial charge in [0.1, 0.15) is 0 Å². The van der Waals surface area contributed by atoms with E-state index in [-0.39, 0.29) is 0 Å². The van der Waals surface area contributed by atoms with Crippen LogP contribution < -0.4 is 16.0 Å². The molecule has 0 fully saturated rings. The summed E-state index contributed by atoms with van der Waals surface area (Å²) in [6.45, 7) is 2.02. The van der Waals surface area contributed by atoms with E-state index in [4.69, 9.17) is 0 Å². The van der Waals surface area contributed by atoms with Crippen molar-refractivity contribution in [1.82, 2.24) is 10.2 Å². The van der Waals surface area contributed by atoms with Gasteiger partial charge in [0.25, 0.3) is 0 Å². The predicted molar refractivity (Wildman–Crippen MR) is 77.4 cm³/mol. The number of anilines is 3. The van der Waals surface area contributed by atoms with Crippen molar-refractivity contribution in [2.75, 3.05) is 37.1 Å². The van der Waals surface area contributed by atoms with Gasteiger partial charge in [0.2, 0.25) is 0 Å². The highest BCUT2D eigenvalue weighted by Crippen LogP contribution is 2.38. The Labute approximate surface area is 107 Å². The topological polar surface area (TPSA) is 64.8 Å². The van der Waals surface area contributed by atoms with Gasteiger partial charge in [0.05, 0.1) is 6.20 Å². The molecule has 18 heavy (non-hydrogen) atoms. The number of nitrogens with one attached hydrogen (secondary N) is 4. The summed E-state index contributed by atoms with van der Waals surface area (Å²) in [5.74, 6) is 0. The van der Waals surface area contributed by atoms with Crippen LogP contribution in [0.4, 0.5) is 17.1 Å². The molecule has 4 N–H and O–H groups in total. The van der Waals surface area contributed by atoms with Crippen molar-refractivity contribution < 1.29 is 0 Å². The van der Waals surface area contributed by atoms with E-state index in [1.165, 1.54) is 0 Å². The lowest BCUT2D eigenvalue weighted by Gasteiger charge is -2.16. The summed E-state index contributed by atoms with van der Waals surface area (Å²) in [5.41, 5.74) is 6.48. The first-order valence-electron chi connectivity index (χ1n) is 5.93. The molecule has 0 radical (unpaired) electrons. The molecule has 1 aromatic heterocycles.